The summed E-state index contributed by atoms with van der Waals surface area (Å²) in [6, 6.07) is 1.50. The van der Waals surface area contributed by atoms with Crippen LogP contribution in [0.2, 0.25) is 0 Å². The highest BCUT2D eigenvalue weighted by Gasteiger charge is 2.28. The highest BCUT2D eigenvalue weighted by atomic mass is 19.3. The number of aromatic nitrogens is 7. The van der Waals surface area contributed by atoms with Crippen molar-refractivity contribution in [2.24, 2.45) is 7.05 Å². The number of carbonyl (C=O) groups excluding carboxylic acids is 2. The van der Waals surface area contributed by atoms with Crippen LogP contribution < -0.4 is 16.6 Å². The molecule has 0 radical (unpaired) electrons. The van der Waals surface area contributed by atoms with Crippen LogP contribution in [-0.2, 0) is 35.6 Å². The summed E-state index contributed by atoms with van der Waals surface area (Å²) in [6.07, 6.45) is 5.19. The lowest BCUT2D eigenvalue weighted by Gasteiger charge is -2.13. The molecule has 4 aromatic rings. The zero-order chi connectivity index (χ0) is 27.1. The number of fused-ring (bicyclic) bond motifs is 1. The first kappa shape index (κ1) is 25.5. The standard InChI is InChI=1S/C23H22F2N8O4/c1-12-5-14(6-27-19(12)23(3,24)25)15-7-26-8-16(29-15)30-17(35)10-32-11-28-20-18(32)21(36)33(9-13(2)34)22(37)31(20)4/h5-8,11H,9-10H2,1-4H3,(H,29,30,35). The molecule has 12 nitrogen and oxygen atoms in total. The Balaban J connectivity index is 1.60. The summed E-state index contributed by atoms with van der Waals surface area (Å²) < 4.78 is 30.5. The fourth-order valence-electron chi connectivity index (χ4n) is 3.88. The fourth-order valence-corrected chi connectivity index (χ4v) is 3.88. The van der Waals surface area contributed by atoms with Gasteiger partial charge in [-0.3, -0.25) is 33.5 Å². The number of ketones is 1. The molecule has 4 heterocycles. The van der Waals surface area contributed by atoms with E-state index < -0.39 is 29.6 Å². The normalized spacial score (nSPS) is 11.6. The van der Waals surface area contributed by atoms with Crippen LogP contribution in [0.3, 0.4) is 0 Å². The molecule has 0 saturated carbocycles. The summed E-state index contributed by atoms with van der Waals surface area (Å²) in [5.74, 6) is -3.98. The van der Waals surface area contributed by atoms with E-state index in [1.165, 1.54) is 56.4 Å². The lowest BCUT2D eigenvalue weighted by atomic mass is 10.1. The maximum atomic E-state index is 13.7. The van der Waals surface area contributed by atoms with E-state index in [0.717, 1.165) is 16.1 Å². The van der Waals surface area contributed by atoms with Crippen LogP contribution in [0.25, 0.3) is 22.4 Å². The number of imidazole rings is 1. The van der Waals surface area contributed by atoms with Crippen LogP contribution in [0.5, 0.6) is 0 Å². The number of aryl methyl sites for hydroxylation is 2. The van der Waals surface area contributed by atoms with Crippen molar-refractivity contribution in [1.29, 1.82) is 0 Å². The quantitative estimate of drug-likeness (QED) is 0.391. The first-order valence-electron chi connectivity index (χ1n) is 11.0. The van der Waals surface area contributed by atoms with E-state index >= 15 is 0 Å². The van der Waals surface area contributed by atoms with Crippen molar-refractivity contribution < 1.29 is 18.4 Å². The van der Waals surface area contributed by atoms with Crippen molar-refractivity contribution in [1.82, 2.24) is 33.6 Å². The van der Waals surface area contributed by atoms with Crippen LogP contribution in [0.4, 0.5) is 14.6 Å². The zero-order valence-electron chi connectivity index (χ0n) is 20.3. The SMILES string of the molecule is CC(=O)Cn1c(=O)c2c(ncn2CC(=O)Nc2cncc(-c3cnc(C(C)(F)F)c(C)c3)n2)n(C)c1=O. The Morgan fingerprint density at radius 2 is 1.84 bits per heavy atom. The molecule has 37 heavy (non-hydrogen) atoms. The van der Waals surface area contributed by atoms with Gasteiger partial charge in [-0.05, 0) is 25.5 Å². The van der Waals surface area contributed by atoms with Crippen LogP contribution in [-0.4, -0.2) is 45.3 Å². The predicted molar refractivity (Wildman–Crippen MR) is 128 cm³/mol. The van der Waals surface area contributed by atoms with Gasteiger partial charge in [0, 0.05) is 25.7 Å². The molecule has 1 amide bonds. The summed E-state index contributed by atoms with van der Waals surface area (Å²) in [6.45, 7) is 2.77. The van der Waals surface area contributed by atoms with E-state index in [9.17, 15) is 28.0 Å². The van der Waals surface area contributed by atoms with E-state index in [0.29, 0.717) is 11.3 Å². The van der Waals surface area contributed by atoms with Gasteiger partial charge in [-0.25, -0.2) is 14.8 Å². The Bertz CT molecular complexity index is 1670. The van der Waals surface area contributed by atoms with E-state index in [1.807, 2.05) is 0 Å². The highest BCUT2D eigenvalue weighted by Crippen LogP contribution is 2.29. The number of hydrogen-bond acceptors (Lipinski definition) is 8. The van der Waals surface area contributed by atoms with Gasteiger partial charge in [0.15, 0.2) is 17.0 Å². The highest BCUT2D eigenvalue weighted by molar-refractivity contribution is 5.90. The van der Waals surface area contributed by atoms with Gasteiger partial charge in [-0.15, -0.1) is 0 Å². The Morgan fingerprint density at radius 3 is 2.49 bits per heavy atom. The number of amides is 1. The number of rotatable bonds is 7. The maximum absolute atomic E-state index is 13.7. The van der Waals surface area contributed by atoms with Gasteiger partial charge in [-0.2, -0.15) is 8.78 Å². The first-order chi connectivity index (χ1) is 17.4. The largest absolute Gasteiger partial charge is 0.332 e. The van der Waals surface area contributed by atoms with Crippen molar-refractivity contribution in [3.05, 3.63) is 63.1 Å². The lowest BCUT2D eigenvalue weighted by molar-refractivity contribution is -0.118. The molecular formula is C23H22F2N8O4. The Kier molecular flexibility index (Phi) is 6.50. The van der Waals surface area contributed by atoms with Gasteiger partial charge in [0.25, 0.3) is 11.5 Å². The minimum Gasteiger partial charge on any atom is -0.315 e. The number of Topliss-reactive ketones (excluding diaryl/α,β-unsaturated/α-hetero) is 1. The monoisotopic (exact) mass is 512 g/mol. The molecule has 4 rings (SSSR count). The van der Waals surface area contributed by atoms with Crippen molar-refractivity contribution in [3.8, 4) is 11.3 Å². The number of alkyl halides is 2. The van der Waals surface area contributed by atoms with E-state index in [-0.39, 0.29) is 40.6 Å². The van der Waals surface area contributed by atoms with Gasteiger partial charge >= 0.3 is 5.69 Å². The third kappa shape index (κ3) is 5.03. The topological polar surface area (TPSA) is 147 Å². The third-order valence-corrected chi connectivity index (χ3v) is 5.49. The summed E-state index contributed by atoms with van der Waals surface area (Å²) in [4.78, 5) is 65.9. The second kappa shape index (κ2) is 9.44. The molecule has 0 saturated heterocycles. The smallest absolute Gasteiger partial charge is 0.315 e. The van der Waals surface area contributed by atoms with Crippen molar-refractivity contribution >= 4 is 28.7 Å². The summed E-state index contributed by atoms with van der Waals surface area (Å²) >= 11 is 0. The predicted octanol–water partition coefficient (Wildman–Crippen LogP) is 1.40. The molecule has 0 spiro atoms. The molecule has 0 aliphatic carbocycles. The Labute approximate surface area is 207 Å². The number of nitrogens with one attached hydrogen (secondary N) is 1. The molecule has 1 N–H and O–H groups in total. The lowest BCUT2D eigenvalue weighted by Crippen LogP contribution is -2.41. The minimum atomic E-state index is -3.09. The minimum absolute atomic E-state index is 0.0206. The zero-order valence-corrected chi connectivity index (χ0v) is 20.3. The van der Waals surface area contributed by atoms with Crippen molar-refractivity contribution in [2.45, 2.75) is 39.8 Å². The average Bonchev–Trinajstić information content (AvgIpc) is 3.23. The molecule has 0 atom stereocenters. The molecule has 192 valence electrons. The number of nitrogens with zero attached hydrogens (tertiary/aromatic N) is 7. The molecule has 0 aliphatic rings. The molecule has 0 aromatic carbocycles. The molecule has 4 aromatic heterocycles. The van der Waals surface area contributed by atoms with Crippen LogP contribution in [0, 0.1) is 6.92 Å². The number of anilines is 1. The summed E-state index contributed by atoms with van der Waals surface area (Å²) in [5, 5.41) is 2.56. The molecule has 0 aliphatic heterocycles. The van der Waals surface area contributed by atoms with Crippen molar-refractivity contribution in [3.63, 3.8) is 0 Å². The van der Waals surface area contributed by atoms with Gasteiger partial charge in [0.05, 0.1) is 31.0 Å². The van der Waals surface area contributed by atoms with Gasteiger partial charge < -0.3 is 9.88 Å². The van der Waals surface area contributed by atoms with Crippen LogP contribution in [0.15, 0.2) is 40.6 Å². The van der Waals surface area contributed by atoms with Crippen LogP contribution >= 0.6 is 0 Å². The van der Waals surface area contributed by atoms with E-state index in [1.54, 1.807) is 0 Å². The summed E-state index contributed by atoms with van der Waals surface area (Å²) in [5.41, 5.74) is -0.740. The molecule has 0 unspecified atom stereocenters. The molecule has 14 heteroatoms. The average molecular weight is 512 g/mol. The number of hydrogen-bond donors (Lipinski definition) is 1. The fraction of sp³-hybridized carbons (Fsp3) is 0.304. The van der Waals surface area contributed by atoms with Gasteiger partial charge in [-0.1, -0.05) is 0 Å². The number of halogens is 2. The third-order valence-electron chi connectivity index (χ3n) is 5.49. The van der Waals surface area contributed by atoms with Crippen molar-refractivity contribution in [2.75, 3.05) is 5.32 Å². The maximum Gasteiger partial charge on any atom is 0.332 e. The number of carbonyl (C=O) groups is 2. The summed E-state index contributed by atoms with van der Waals surface area (Å²) in [7, 11) is 1.41. The van der Waals surface area contributed by atoms with Crippen LogP contribution in [0.1, 0.15) is 25.1 Å². The Hall–Kier alpha value is -4.62. The molecule has 0 fully saturated rings. The first-order valence-corrected chi connectivity index (χ1v) is 11.0. The van der Waals surface area contributed by atoms with E-state index in [2.05, 4.69) is 25.3 Å². The second-order valence-electron chi connectivity index (χ2n) is 8.60. The van der Waals surface area contributed by atoms with E-state index in [4.69, 9.17) is 0 Å². The second-order valence-corrected chi connectivity index (χ2v) is 8.60. The number of pyridine rings is 1. The van der Waals surface area contributed by atoms with Gasteiger partial charge in [0.2, 0.25) is 5.91 Å². The van der Waals surface area contributed by atoms with Gasteiger partial charge in [0.1, 0.15) is 18.0 Å². The Morgan fingerprint density at radius 1 is 1.11 bits per heavy atom. The molecular weight excluding hydrogens is 490 g/mol. The molecule has 0 bridgehead atoms.